The van der Waals surface area contributed by atoms with Crippen LogP contribution in [-0.2, 0) is 0 Å². The highest BCUT2D eigenvalue weighted by atomic mass is 35.5. The number of hydrogen-bond acceptors (Lipinski definition) is 1. The molecule has 2 nitrogen and oxygen atoms in total. The second-order valence-corrected chi connectivity index (χ2v) is 4.43. The van der Waals surface area contributed by atoms with Gasteiger partial charge >= 0.3 is 0 Å². The second-order valence-electron chi connectivity index (χ2n) is 4.03. The minimum atomic E-state index is 0.764. The van der Waals surface area contributed by atoms with Gasteiger partial charge in [-0.3, -0.25) is 4.98 Å². The van der Waals surface area contributed by atoms with Crippen LogP contribution < -0.4 is 0 Å². The third-order valence-electron chi connectivity index (χ3n) is 2.83. The molecule has 0 aliphatic heterocycles. The summed E-state index contributed by atoms with van der Waals surface area (Å²) in [6.45, 7) is 0. The maximum Gasteiger partial charge on any atom is 0.0505 e. The van der Waals surface area contributed by atoms with Crippen molar-refractivity contribution >= 4 is 34.7 Å². The van der Waals surface area contributed by atoms with Gasteiger partial charge in [-0.1, -0.05) is 35.9 Å². The lowest BCUT2D eigenvalue weighted by molar-refractivity contribution is 1.32. The lowest BCUT2D eigenvalue weighted by Crippen LogP contribution is -1.74. The first kappa shape index (κ1) is 11.1. The van der Waals surface area contributed by atoms with E-state index in [2.05, 4.69) is 9.97 Å². The molecule has 1 N–H and O–H groups in total. The van der Waals surface area contributed by atoms with Gasteiger partial charge in [0.15, 0.2) is 0 Å². The van der Waals surface area contributed by atoms with Crippen molar-refractivity contribution in [1.82, 2.24) is 9.97 Å². The minimum absolute atomic E-state index is 0.764. The fraction of sp³-hybridized carbons (Fsp3) is 0. The van der Waals surface area contributed by atoms with Crippen molar-refractivity contribution in [3.8, 4) is 0 Å². The molecule has 3 aromatic rings. The van der Waals surface area contributed by atoms with E-state index in [0.717, 1.165) is 27.1 Å². The fourth-order valence-electron chi connectivity index (χ4n) is 1.96. The molecule has 0 bridgehead atoms. The van der Waals surface area contributed by atoms with Gasteiger partial charge < -0.3 is 4.98 Å². The van der Waals surface area contributed by atoms with E-state index in [1.54, 1.807) is 6.20 Å². The van der Waals surface area contributed by atoms with Crippen molar-refractivity contribution < 1.29 is 0 Å². The van der Waals surface area contributed by atoms with Gasteiger partial charge in [0.05, 0.1) is 5.02 Å². The number of hydrogen-bond donors (Lipinski definition) is 1. The van der Waals surface area contributed by atoms with Crippen LogP contribution in [0.15, 0.2) is 48.9 Å². The maximum atomic E-state index is 6.22. The summed E-state index contributed by atoms with van der Waals surface area (Å²) >= 11 is 6.22. The highest BCUT2D eigenvalue weighted by Gasteiger charge is 2.04. The van der Waals surface area contributed by atoms with E-state index >= 15 is 0 Å². The molecule has 0 aliphatic rings. The zero-order valence-electron chi connectivity index (χ0n) is 9.60. The van der Waals surface area contributed by atoms with E-state index < -0.39 is 0 Å². The summed E-state index contributed by atoms with van der Waals surface area (Å²) < 4.78 is 0. The van der Waals surface area contributed by atoms with E-state index in [4.69, 9.17) is 11.6 Å². The van der Waals surface area contributed by atoms with Crippen molar-refractivity contribution in [2.45, 2.75) is 0 Å². The summed E-state index contributed by atoms with van der Waals surface area (Å²) in [5, 5.41) is 1.82. The van der Waals surface area contributed by atoms with Crippen molar-refractivity contribution in [2.24, 2.45) is 0 Å². The smallest absolute Gasteiger partial charge is 0.0505 e. The number of halogens is 1. The topological polar surface area (TPSA) is 28.7 Å². The predicted octanol–water partition coefficient (Wildman–Crippen LogP) is 4.39. The number of nitrogens with one attached hydrogen (secondary N) is 1. The quantitative estimate of drug-likeness (QED) is 0.722. The number of rotatable bonds is 2. The first-order chi connectivity index (χ1) is 8.84. The molecule has 0 saturated carbocycles. The summed E-state index contributed by atoms with van der Waals surface area (Å²) in [7, 11) is 0. The number of aromatic amines is 1. The lowest BCUT2D eigenvalue weighted by atomic mass is 10.1. The van der Waals surface area contributed by atoms with Crippen LogP contribution in [0.3, 0.4) is 0 Å². The molecule has 0 spiro atoms. The Morgan fingerprint density at radius 3 is 2.89 bits per heavy atom. The lowest BCUT2D eigenvalue weighted by Gasteiger charge is -1.95. The molecule has 2 aromatic heterocycles. The van der Waals surface area contributed by atoms with Crippen LogP contribution in [0.1, 0.15) is 11.1 Å². The Balaban J connectivity index is 2.03. The molecule has 0 aliphatic carbocycles. The monoisotopic (exact) mass is 254 g/mol. The van der Waals surface area contributed by atoms with Crippen LogP contribution in [0.2, 0.25) is 5.02 Å². The SMILES string of the molecule is Clc1cccc2[nH]cc(/C=C/c3cccnc3)c12. The predicted molar refractivity (Wildman–Crippen MR) is 76.5 cm³/mol. The highest BCUT2D eigenvalue weighted by molar-refractivity contribution is 6.36. The molecule has 0 amide bonds. The van der Waals surface area contributed by atoms with E-state index in [0.29, 0.717) is 0 Å². The van der Waals surface area contributed by atoms with Crippen molar-refractivity contribution in [3.63, 3.8) is 0 Å². The third-order valence-corrected chi connectivity index (χ3v) is 3.14. The maximum absolute atomic E-state index is 6.22. The van der Waals surface area contributed by atoms with Gasteiger partial charge in [0, 0.05) is 35.1 Å². The van der Waals surface area contributed by atoms with E-state index in [9.17, 15) is 0 Å². The van der Waals surface area contributed by atoms with Crippen molar-refractivity contribution in [1.29, 1.82) is 0 Å². The molecule has 0 saturated heterocycles. The zero-order chi connectivity index (χ0) is 12.4. The Labute approximate surface area is 110 Å². The van der Waals surface area contributed by atoms with Gasteiger partial charge in [0.25, 0.3) is 0 Å². The van der Waals surface area contributed by atoms with Crippen LogP contribution in [0, 0.1) is 0 Å². The number of nitrogens with zero attached hydrogens (tertiary/aromatic N) is 1. The first-order valence-corrected chi connectivity index (χ1v) is 6.06. The van der Waals surface area contributed by atoms with Gasteiger partial charge in [-0.05, 0) is 23.8 Å². The summed E-state index contributed by atoms with van der Waals surface area (Å²) in [5.74, 6) is 0. The molecule has 0 unspecified atom stereocenters. The number of fused-ring (bicyclic) bond motifs is 1. The summed E-state index contributed by atoms with van der Waals surface area (Å²) in [6.07, 6.45) is 9.62. The van der Waals surface area contributed by atoms with Crippen LogP contribution in [-0.4, -0.2) is 9.97 Å². The van der Waals surface area contributed by atoms with Crippen LogP contribution >= 0.6 is 11.6 Å². The normalized spacial score (nSPS) is 11.4. The molecule has 3 heteroatoms. The Hall–Kier alpha value is -2.06. The molecular formula is C15H11ClN2. The molecule has 3 rings (SSSR count). The van der Waals surface area contributed by atoms with Gasteiger partial charge in [0.1, 0.15) is 0 Å². The third kappa shape index (κ3) is 2.03. The van der Waals surface area contributed by atoms with Crippen molar-refractivity contribution in [3.05, 3.63) is 65.1 Å². The first-order valence-electron chi connectivity index (χ1n) is 5.68. The van der Waals surface area contributed by atoms with Crippen molar-refractivity contribution in [2.75, 3.05) is 0 Å². The Morgan fingerprint density at radius 1 is 1.11 bits per heavy atom. The Morgan fingerprint density at radius 2 is 2.06 bits per heavy atom. The number of aromatic nitrogens is 2. The summed E-state index contributed by atoms with van der Waals surface area (Å²) in [4.78, 5) is 7.29. The molecule has 0 fully saturated rings. The molecule has 0 atom stereocenters. The molecule has 18 heavy (non-hydrogen) atoms. The van der Waals surface area contributed by atoms with E-state index in [-0.39, 0.29) is 0 Å². The average Bonchev–Trinajstić information content (AvgIpc) is 2.82. The highest BCUT2D eigenvalue weighted by Crippen LogP contribution is 2.27. The number of H-pyrrole nitrogens is 1. The summed E-state index contributed by atoms with van der Waals surface area (Å²) in [5.41, 5.74) is 3.20. The minimum Gasteiger partial charge on any atom is -0.361 e. The van der Waals surface area contributed by atoms with Gasteiger partial charge in [-0.2, -0.15) is 0 Å². The van der Waals surface area contributed by atoms with E-state index in [1.165, 1.54) is 0 Å². The van der Waals surface area contributed by atoms with Gasteiger partial charge in [-0.15, -0.1) is 0 Å². The van der Waals surface area contributed by atoms with Gasteiger partial charge in [0.2, 0.25) is 0 Å². The number of pyridine rings is 1. The molecule has 1 aromatic carbocycles. The van der Waals surface area contributed by atoms with Crippen LogP contribution in [0.4, 0.5) is 0 Å². The van der Waals surface area contributed by atoms with E-state index in [1.807, 2.05) is 54.9 Å². The van der Waals surface area contributed by atoms with Crippen LogP contribution in [0.25, 0.3) is 23.1 Å². The van der Waals surface area contributed by atoms with Crippen LogP contribution in [0.5, 0.6) is 0 Å². The molecular weight excluding hydrogens is 244 g/mol. The largest absolute Gasteiger partial charge is 0.361 e. The number of benzene rings is 1. The standard InChI is InChI=1S/C15H11ClN2/c16-13-4-1-5-14-15(13)12(10-18-14)7-6-11-3-2-8-17-9-11/h1-10,18H/b7-6+. The summed E-state index contributed by atoms with van der Waals surface area (Å²) in [6, 6.07) is 9.79. The Bertz CT molecular complexity index is 699. The molecule has 2 heterocycles. The Kier molecular flexibility index (Phi) is 2.87. The van der Waals surface area contributed by atoms with Gasteiger partial charge in [-0.25, -0.2) is 0 Å². The zero-order valence-corrected chi connectivity index (χ0v) is 10.4. The average molecular weight is 255 g/mol. The second kappa shape index (κ2) is 4.67. The molecule has 0 radical (unpaired) electrons. The molecule has 88 valence electrons. The fourth-order valence-corrected chi connectivity index (χ4v) is 2.24.